The van der Waals surface area contributed by atoms with Crippen LogP contribution in [0.25, 0.3) is 6.08 Å². The highest BCUT2D eigenvalue weighted by Crippen LogP contribution is 2.29. The molecule has 0 aromatic heterocycles. The molecule has 108 valence electrons. The Kier molecular flexibility index (Phi) is 4.63. The summed E-state index contributed by atoms with van der Waals surface area (Å²) in [6.45, 7) is 0. The SMILES string of the molecule is O=C1CCCC[C@@H]1C/C=C/c1ccc(C(F)(F)F)cc1. The van der Waals surface area contributed by atoms with Crippen molar-refractivity contribution < 1.29 is 18.0 Å². The fraction of sp³-hybridized carbons (Fsp3) is 0.438. The third kappa shape index (κ3) is 3.95. The van der Waals surface area contributed by atoms with Crippen LogP contribution in [0.1, 0.15) is 43.2 Å². The number of hydrogen-bond acceptors (Lipinski definition) is 1. The van der Waals surface area contributed by atoms with Crippen molar-refractivity contribution in [2.24, 2.45) is 5.92 Å². The van der Waals surface area contributed by atoms with Crippen molar-refractivity contribution in [3.63, 3.8) is 0 Å². The van der Waals surface area contributed by atoms with Gasteiger partial charge in [0.15, 0.2) is 0 Å². The summed E-state index contributed by atoms with van der Waals surface area (Å²) in [5, 5.41) is 0. The van der Waals surface area contributed by atoms with Gasteiger partial charge in [0.05, 0.1) is 5.56 Å². The average Bonchev–Trinajstić information content (AvgIpc) is 2.40. The van der Waals surface area contributed by atoms with Gasteiger partial charge in [0.25, 0.3) is 0 Å². The molecule has 0 radical (unpaired) electrons. The van der Waals surface area contributed by atoms with Crippen molar-refractivity contribution in [1.82, 2.24) is 0 Å². The number of alkyl halides is 3. The summed E-state index contributed by atoms with van der Waals surface area (Å²) in [5.41, 5.74) is 0.0818. The third-order valence-corrected chi connectivity index (χ3v) is 3.65. The van der Waals surface area contributed by atoms with E-state index in [0.717, 1.165) is 37.0 Å². The molecule has 0 bridgehead atoms. The average molecular weight is 282 g/mol. The van der Waals surface area contributed by atoms with Crippen LogP contribution in [0, 0.1) is 5.92 Å². The molecule has 0 heterocycles. The number of carbonyl (C=O) groups excluding carboxylic acids is 1. The van der Waals surface area contributed by atoms with Gasteiger partial charge >= 0.3 is 6.18 Å². The van der Waals surface area contributed by atoms with Gasteiger partial charge in [0, 0.05) is 12.3 Å². The van der Waals surface area contributed by atoms with Gasteiger partial charge in [-0.1, -0.05) is 30.7 Å². The molecular weight excluding hydrogens is 265 g/mol. The Labute approximate surface area is 116 Å². The van der Waals surface area contributed by atoms with Gasteiger partial charge in [-0.2, -0.15) is 13.2 Å². The van der Waals surface area contributed by atoms with Gasteiger partial charge in [-0.3, -0.25) is 4.79 Å². The Morgan fingerprint density at radius 2 is 1.85 bits per heavy atom. The van der Waals surface area contributed by atoms with Crippen molar-refractivity contribution >= 4 is 11.9 Å². The van der Waals surface area contributed by atoms with E-state index in [4.69, 9.17) is 0 Å². The maximum atomic E-state index is 12.4. The largest absolute Gasteiger partial charge is 0.416 e. The Balaban J connectivity index is 1.93. The predicted octanol–water partition coefficient (Wildman–Crippen LogP) is 4.87. The summed E-state index contributed by atoms with van der Waals surface area (Å²) in [7, 11) is 0. The summed E-state index contributed by atoms with van der Waals surface area (Å²) in [6, 6.07) is 5.04. The maximum absolute atomic E-state index is 12.4. The van der Waals surface area contributed by atoms with Crippen molar-refractivity contribution in [3.8, 4) is 0 Å². The molecule has 1 nitrogen and oxygen atoms in total. The molecule has 1 aromatic carbocycles. The molecular formula is C16H17F3O. The summed E-state index contributed by atoms with van der Waals surface area (Å²) >= 11 is 0. The van der Waals surface area contributed by atoms with E-state index in [2.05, 4.69) is 0 Å². The first-order valence-corrected chi connectivity index (χ1v) is 6.83. The molecule has 0 amide bonds. The summed E-state index contributed by atoms with van der Waals surface area (Å²) in [5.74, 6) is 0.405. The van der Waals surface area contributed by atoms with E-state index in [1.165, 1.54) is 12.1 Å². The van der Waals surface area contributed by atoms with Crippen molar-refractivity contribution in [2.75, 3.05) is 0 Å². The Hall–Kier alpha value is -1.58. The number of allylic oxidation sites excluding steroid dienone is 1. The molecule has 0 saturated heterocycles. The van der Waals surface area contributed by atoms with Crippen LogP contribution >= 0.6 is 0 Å². The fourth-order valence-corrected chi connectivity index (χ4v) is 2.46. The number of rotatable bonds is 3. The molecule has 0 spiro atoms. The fourth-order valence-electron chi connectivity index (χ4n) is 2.46. The number of carbonyl (C=O) groups is 1. The Bertz CT molecular complexity index is 485. The molecule has 4 heteroatoms. The normalized spacial score (nSPS) is 20.6. The van der Waals surface area contributed by atoms with Crippen LogP contribution in [0.15, 0.2) is 30.3 Å². The number of ketones is 1. The standard InChI is InChI=1S/C16H17F3O/c17-16(18,19)14-10-8-12(9-11-14)4-3-6-13-5-1-2-7-15(13)20/h3-4,8-11,13H,1-2,5-7H2/b4-3+/t13-/m1/s1. The van der Waals surface area contributed by atoms with Crippen molar-refractivity contribution in [3.05, 3.63) is 41.5 Å². The minimum Gasteiger partial charge on any atom is -0.299 e. The second-order valence-corrected chi connectivity index (χ2v) is 5.17. The zero-order chi connectivity index (χ0) is 14.6. The second-order valence-electron chi connectivity index (χ2n) is 5.17. The van der Waals surface area contributed by atoms with E-state index >= 15 is 0 Å². The van der Waals surface area contributed by atoms with Crippen LogP contribution in [0.2, 0.25) is 0 Å². The lowest BCUT2D eigenvalue weighted by molar-refractivity contribution is -0.137. The highest BCUT2D eigenvalue weighted by atomic mass is 19.4. The molecule has 1 fully saturated rings. The molecule has 1 aliphatic carbocycles. The van der Waals surface area contributed by atoms with Crippen LogP contribution < -0.4 is 0 Å². The molecule has 1 aliphatic rings. The molecule has 0 aliphatic heterocycles. The lowest BCUT2D eigenvalue weighted by Crippen LogP contribution is -2.17. The zero-order valence-corrected chi connectivity index (χ0v) is 11.1. The maximum Gasteiger partial charge on any atom is 0.416 e. The van der Waals surface area contributed by atoms with Crippen LogP contribution in [0.3, 0.4) is 0 Å². The number of benzene rings is 1. The van der Waals surface area contributed by atoms with E-state index in [0.29, 0.717) is 18.6 Å². The topological polar surface area (TPSA) is 17.1 Å². The second kappa shape index (κ2) is 6.25. The molecule has 20 heavy (non-hydrogen) atoms. The van der Waals surface area contributed by atoms with Crippen molar-refractivity contribution in [2.45, 2.75) is 38.3 Å². The Morgan fingerprint density at radius 1 is 1.15 bits per heavy atom. The van der Waals surface area contributed by atoms with Gasteiger partial charge in [-0.05, 0) is 37.0 Å². The van der Waals surface area contributed by atoms with Crippen molar-refractivity contribution in [1.29, 1.82) is 0 Å². The van der Waals surface area contributed by atoms with E-state index in [1.807, 2.05) is 6.08 Å². The van der Waals surface area contributed by atoms with E-state index in [1.54, 1.807) is 6.08 Å². The Morgan fingerprint density at radius 3 is 2.45 bits per heavy atom. The van der Waals surface area contributed by atoms with E-state index < -0.39 is 11.7 Å². The summed E-state index contributed by atoms with van der Waals surface area (Å²) < 4.78 is 37.2. The summed E-state index contributed by atoms with van der Waals surface area (Å²) in [6.07, 6.45) is 3.71. The first-order valence-electron chi connectivity index (χ1n) is 6.83. The predicted molar refractivity (Wildman–Crippen MR) is 72.1 cm³/mol. The quantitative estimate of drug-likeness (QED) is 0.773. The molecule has 2 rings (SSSR count). The number of halogens is 3. The third-order valence-electron chi connectivity index (χ3n) is 3.65. The highest BCUT2D eigenvalue weighted by Gasteiger charge is 2.29. The lowest BCUT2D eigenvalue weighted by atomic mass is 9.85. The van der Waals surface area contributed by atoms with Gasteiger partial charge in [0.1, 0.15) is 5.78 Å². The van der Waals surface area contributed by atoms with Crippen LogP contribution in [-0.2, 0) is 11.0 Å². The van der Waals surface area contributed by atoms with Crippen LogP contribution in [-0.4, -0.2) is 5.78 Å². The highest BCUT2D eigenvalue weighted by molar-refractivity contribution is 5.81. The van der Waals surface area contributed by atoms with Gasteiger partial charge < -0.3 is 0 Å². The van der Waals surface area contributed by atoms with E-state index in [9.17, 15) is 18.0 Å². The summed E-state index contributed by atoms with van der Waals surface area (Å²) in [4.78, 5) is 11.6. The van der Waals surface area contributed by atoms with Gasteiger partial charge in [-0.25, -0.2) is 0 Å². The minimum absolute atomic E-state index is 0.0921. The monoisotopic (exact) mass is 282 g/mol. The van der Waals surface area contributed by atoms with E-state index in [-0.39, 0.29) is 5.92 Å². The van der Waals surface area contributed by atoms with Gasteiger partial charge in [-0.15, -0.1) is 0 Å². The molecule has 1 saturated carbocycles. The smallest absolute Gasteiger partial charge is 0.299 e. The minimum atomic E-state index is -4.29. The van der Waals surface area contributed by atoms with Gasteiger partial charge in [0.2, 0.25) is 0 Å². The zero-order valence-electron chi connectivity index (χ0n) is 11.1. The lowest BCUT2D eigenvalue weighted by Gasteiger charge is -2.18. The number of hydrogen-bond donors (Lipinski definition) is 0. The molecule has 1 atom stereocenters. The van der Waals surface area contributed by atoms with Crippen LogP contribution in [0.5, 0.6) is 0 Å². The molecule has 0 N–H and O–H groups in total. The number of Topliss-reactive ketones (excluding diaryl/α,β-unsaturated/α-hetero) is 1. The first kappa shape index (κ1) is 14.8. The van der Waals surface area contributed by atoms with Crippen LogP contribution in [0.4, 0.5) is 13.2 Å². The first-order chi connectivity index (χ1) is 9.47. The molecule has 0 unspecified atom stereocenters. The molecule has 1 aromatic rings.